The number of benzene rings is 2. The van der Waals surface area contributed by atoms with E-state index >= 15 is 0 Å². The lowest BCUT2D eigenvalue weighted by Crippen LogP contribution is -2.30. The first-order chi connectivity index (χ1) is 14.3. The van der Waals surface area contributed by atoms with E-state index in [1.54, 1.807) is 16.7 Å². The molecule has 1 amide bonds. The molecule has 1 aromatic heterocycles. The van der Waals surface area contributed by atoms with Crippen LogP contribution < -0.4 is 10.9 Å². The van der Waals surface area contributed by atoms with E-state index in [-0.39, 0.29) is 11.1 Å². The summed E-state index contributed by atoms with van der Waals surface area (Å²) in [4.78, 5) is 42.2. The zero-order valence-electron chi connectivity index (χ0n) is 17.2. The highest BCUT2D eigenvalue weighted by Crippen LogP contribution is 2.20. The van der Waals surface area contributed by atoms with Crippen LogP contribution >= 0.6 is 0 Å². The highest BCUT2D eigenvalue weighted by Gasteiger charge is 2.22. The summed E-state index contributed by atoms with van der Waals surface area (Å²) in [5, 5.41) is 3.30. The lowest BCUT2D eigenvalue weighted by molar-refractivity contribution is -0.123. The van der Waals surface area contributed by atoms with Crippen molar-refractivity contribution in [1.29, 1.82) is 0 Å². The molecule has 30 heavy (non-hydrogen) atoms. The number of ether oxygens (including phenoxy) is 1. The van der Waals surface area contributed by atoms with Crippen molar-refractivity contribution in [1.82, 2.24) is 9.55 Å². The van der Waals surface area contributed by atoms with E-state index < -0.39 is 18.0 Å². The van der Waals surface area contributed by atoms with Crippen LogP contribution in [-0.4, -0.2) is 27.5 Å². The summed E-state index contributed by atoms with van der Waals surface area (Å²) in [7, 11) is 0. The van der Waals surface area contributed by atoms with Crippen molar-refractivity contribution in [3.05, 3.63) is 69.3 Å². The number of aromatic nitrogens is 2. The van der Waals surface area contributed by atoms with E-state index in [1.165, 1.54) is 13.0 Å². The SMILES string of the molecule is Cc1cccc(C)c1NC(=O)[C@H](C)OC(=O)c1ccc2c(=O)n3c(nc2c1)CCC3. The fourth-order valence-electron chi connectivity index (χ4n) is 3.73. The van der Waals surface area contributed by atoms with Crippen LogP contribution in [0.2, 0.25) is 0 Å². The van der Waals surface area contributed by atoms with Gasteiger partial charge in [0.2, 0.25) is 0 Å². The largest absolute Gasteiger partial charge is 0.449 e. The predicted octanol–water partition coefficient (Wildman–Crippen LogP) is 3.14. The second-order valence-electron chi connectivity index (χ2n) is 7.62. The molecule has 7 heteroatoms. The molecule has 1 aliphatic rings. The topological polar surface area (TPSA) is 90.3 Å². The van der Waals surface area contributed by atoms with Crippen LogP contribution in [0, 0.1) is 13.8 Å². The number of amides is 1. The van der Waals surface area contributed by atoms with Crippen molar-refractivity contribution < 1.29 is 14.3 Å². The van der Waals surface area contributed by atoms with E-state index in [9.17, 15) is 14.4 Å². The molecule has 0 bridgehead atoms. The summed E-state index contributed by atoms with van der Waals surface area (Å²) in [6.07, 6.45) is 0.654. The molecule has 7 nitrogen and oxygen atoms in total. The van der Waals surface area contributed by atoms with Gasteiger partial charge in [-0.2, -0.15) is 0 Å². The summed E-state index contributed by atoms with van der Waals surface area (Å²) < 4.78 is 7.04. The first kappa shape index (κ1) is 19.8. The zero-order valence-corrected chi connectivity index (χ0v) is 17.2. The van der Waals surface area contributed by atoms with Crippen LogP contribution in [0.5, 0.6) is 0 Å². The number of hydrogen-bond donors (Lipinski definition) is 1. The third-order valence-electron chi connectivity index (χ3n) is 5.43. The second-order valence-corrected chi connectivity index (χ2v) is 7.62. The van der Waals surface area contributed by atoms with Gasteiger partial charge in [-0.3, -0.25) is 14.2 Å². The molecule has 0 aliphatic carbocycles. The number of carbonyl (C=O) groups excluding carboxylic acids is 2. The minimum atomic E-state index is -0.981. The fraction of sp³-hybridized carbons (Fsp3) is 0.304. The summed E-state index contributed by atoms with van der Waals surface area (Å²) in [6, 6.07) is 10.4. The van der Waals surface area contributed by atoms with Crippen LogP contribution in [0.15, 0.2) is 41.2 Å². The molecule has 0 unspecified atom stereocenters. The Morgan fingerprint density at radius 1 is 1.17 bits per heavy atom. The van der Waals surface area contributed by atoms with Gasteiger partial charge in [0, 0.05) is 18.7 Å². The molecule has 154 valence electrons. The van der Waals surface area contributed by atoms with Crippen LogP contribution in [-0.2, 0) is 22.5 Å². The summed E-state index contributed by atoms with van der Waals surface area (Å²) >= 11 is 0. The number of fused-ring (bicyclic) bond motifs is 2. The Morgan fingerprint density at radius 3 is 2.63 bits per heavy atom. The molecule has 0 saturated carbocycles. The number of rotatable bonds is 4. The van der Waals surface area contributed by atoms with Crippen molar-refractivity contribution in [2.45, 2.75) is 46.3 Å². The molecule has 2 heterocycles. The van der Waals surface area contributed by atoms with Crippen LogP contribution in [0.3, 0.4) is 0 Å². The Bertz CT molecular complexity index is 1210. The first-order valence-corrected chi connectivity index (χ1v) is 9.96. The van der Waals surface area contributed by atoms with E-state index in [0.717, 1.165) is 35.5 Å². The number of carbonyl (C=O) groups is 2. The Balaban J connectivity index is 1.52. The molecule has 0 spiro atoms. The molecule has 0 saturated heterocycles. The molecule has 2 aromatic carbocycles. The van der Waals surface area contributed by atoms with Crippen LogP contribution in [0.1, 0.15) is 40.7 Å². The average molecular weight is 405 g/mol. The molecular weight excluding hydrogens is 382 g/mol. The molecule has 4 rings (SSSR count). The van der Waals surface area contributed by atoms with Gasteiger partial charge in [0.15, 0.2) is 6.10 Å². The van der Waals surface area contributed by atoms with Gasteiger partial charge in [0.1, 0.15) is 5.82 Å². The maximum absolute atomic E-state index is 12.6. The predicted molar refractivity (Wildman–Crippen MR) is 114 cm³/mol. The molecule has 0 radical (unpaired) electrons. The van der Waals surface area contributed by atoms with Crippen LogP contribution in [0.25, 0.3) is 10.9 Å². The lowest BCUT2D eigenvalue weighted by atomic mass is 10.1. The van der Waals surface area contributed by atoms with Gasteiger partial charge in [-0.1, -0.05) is 18.2 Å². The Kier molecular flexibility index (Phi) is 5.11. The maximum atomic E-state index is 12.6. The summed E-state index contributed by atoms with van der Waals surface area (Å²) in [6.45, 7) is 6.01. The molecule has 3 aromatic rings. The third kappa shape index (κ3) is 3.58. The summed E-state index contributed by atoms with van der Waals surface area (Å²) in [5.41, 5.74) is 3.21. The monoisotopic (exact) mass is 405 g/mol. The van der Waals surface area contributed by atoms with Gasteiger partial charge in [-0.05, 0) is 56.5 Å². The molecule has 1 N–H and O–H groups in total. The first-order valence-electron chi connectivity index (χ1n) is 9.96. The van der Waals surface area contributed by atoms with Crippen molar-refractivity contribution in [2.24, 2.45) is 0 Å². The number of esters is 1. The van der Waals surface area contributed by atoms with E-state index in [2.05, 4.69) is 10.3 Å². The minimum absolute atomic E-state index is 0.0891. The number of nitrogens with zero attached hydrogens (tertiary/aromatic N) is 2. The van der Waals surface area contributed by atoms with Crippen molar-refractivity contribution in [3.63, 3.8) is 0 Å². The number of anilines is 1. The van der Waals surface area contributed by atoms with Crippen molar-refractivity contribution >= 4 is 28.5 Å². The second kappa shape index (κ2) is 7.74. The van der Waals surface area contributed by atoms with Gasteiger partial charge in [0.25, 0.3) is 11.5 Å². The van der Waals surface area contributed by atoms with Crippen LogP contribution in [0.4, 0.5) is 5.69 Å². The molecular formula is C23H23N3O4. The maximum Gasteiger partial charge on any atom is 0.338 e. The standard InChI is InChI=1S/C23H23N3O4/c1-13-6-4-7-14(2)20(13)25-21(27)15(3)30-23(29)16-9-10-17-18(12-16)24-19-8-5-11-26(19)22(17)28/h4,6-7,9-10,12,15H,5,8,11H2,1-3H3,(H,25,27)/t15-/m0/s1. The Labute approximate surface area is 173 Å². The minimum Gasteiger partial charge on any atom is -0.449 e. The fourth-order valence-corrected chi connectivity index (χ4v) is 3.73. The van der Waals surface area contributed by atoms with E-state index in [0.29, 0.717) is 17.4 Å². The van der Waals surface area contributed by atoms with Gasteiger partial charge >= 0.3 is 5.97 Å². The number of aryl methyl sites for hydroxylation is 3. The van der Waals surface area contributed by atoms with Gasteiger partial charge in [-0.25, -0.2) is 9.78 Å². The van der Waals surface area contributed by atoms with Crippen molar-refractivity contribution in [2.75, 3.05) is 5.32 Å². The third-order valence-corrected chi connectivity index (χ3v) is 5.43. The summed E-state index contributed by atoms with van der Waals surface area (Å²) in [5.74, 6) is -0.307. The Morgan fingerprint density at radius 2 is 1.90 bits per heavy atom. The normalized spacial score (nSPS) is 13.7. The molecule has 1 aliphatic heterocycles. The smallest absolute Gasteiger partial charge is 0.338 e. The highest BCUT2D eigenvalue weighted by molar-refractivity contribution is 5.99. The van der Waals surface area contributed by atoms with Crippen molar-refractivity contribution in [3.8, 4) is 0 Å². The van der Waals surface area contributed by atoms with E-state index in [1.807, 2.05) is 32.0 Å². The molecule has 1 atom stereocenters. The number of nitrogens with one attached hydrogen (secondary N) is 1. The average Bonchev–Trinajstić information content (AvgIpc) is 3.19. The Hall–Kier alpha value is -3.48. The number of para-hydroxylation sites is 1. The number of hydrogen-bond acceptors (Lipinski definition) is 5. The van der Waals surface area contributed by atoms with Gasteiger partial charge < -0.3 is 10.1 Å². The van der Waals surface area contributed by atoms with Gasteiger partial charge in [0.05, 0.1) is 16.5 Å². The molecule has 0 fully saturated rings. The van der Waals surface area contributed by atoms with E-state index in [4.69, 9.17) is 4.74 Å². The highest BCUT2D eigenvalue weighted by atomic mass is 16.5. The quantitative estimate of drug-likeness (QED) is 0.674. The zero-order chi connectivity index (χ0) is 21.4. The van der Waals surface area contributed by atoms with Gasteiger partial charge in [-0.15, -0.1) is 0 Å². The lowest BCUT2D eigenvalue weighted by Gasteiger charge is -2.16.